The van der Waals surface area contributed by atoms with E-state index in [0.29, 0.717) is 6.54 Å². The van der Waals surface area contributed by atoms with Crippen LogP contribution in [0.5, 0.6) is 0 Å². The van der Waals surface area contributed by atoms with Gasteiger partial charge in [0.2, 0.25) is 0 Å². The van der Waals surface area contributed by atoms with Crippen molar-refractivity contribution in [2.45, 2.75) is 20.3 Å². The summed E-state index contributed by atoms with van der Waals surface area (Å²) < 4.78 is 0. The van der Waals surface area contributed by atoms with Crippen LogP contribution in [0.1, 0.15) is 20.8 Å². The standard InChI is InChI=1S/C9H10N2O.C2H6.H2/c12-9-10-6-5-7-3-1-2-4-8(7)11-9;1-2;/h1-4H,5-6H2,(H2,10,11,12);1-2H3;1H. The molecule has 1 aromatic rings. The molecule has 0 saturated carbocycles. The number of hydrogen-bond donors (Lipinski definition) is 2. The van der Waals surface area contributed by atoms with E-state index in [1.807, 2.05) is 38.1 Å². The van der Waals surface area contributed by atoms with Gasteiger partial charge in [-0.3, -0.25) is 0 Å². The summed E-state index contributed by atoms with van der Waals surface area (Å²) in [7, 11) is 0. The number of urea groups is 1. The van der Waals surface area contributed by atoms with Gasteiger partial charge >= 0.3 is 6.03 Å². The summed E-state index contributed by atoms with van der Waals surface area (Å²) in [5.74, 6) is 0. The van der Waals surface area contributed by atoms with E-state index in [-0.39, 0.29) is 7.46 Å². The molecule has 0 fully saturated rings. The quantitative estimate of drug-likeness (QED) is 0.655. The van der Waals surface area contributed by atoms with E-state index in [0.717, 1.165) is 12.1 Å². The maximum absolute atomic E-state index is 11.0. The average molecular weight is 194 g/mol. The first-order valence-corrected chi connectivity index (χ1v) is 4.99. The second-order valence-corrected chi connectivity index (χ2v) is 2.79. The van der Waals surface area contributed by atoms with Gasteiger partial charge in [0.15, 0.2) is 0 Å². The van der Waals surface area contributed by atoms with E-state index in [1.54, 1.807) is 0 Å². The van der Waals surface area contributed by atoms with Gasteiger partial charge in [0.05, 0.1) is 0 Å². The Morgan fingerprint density at radius 3 is 2.79 bits per heavy atom. The number of hydrogen-bond acceptors (Lipinski definition) is 1. The van der Waals surface area contributed by atoms with Gasteiger partial charge in [-0.05, 0) is 18.1 Å². The van der Waals surface area contributed by atoms with Crippen LogP contribution in [0.15, 0.2) is 24.3 Å². The molecule has 0 aliphatic carbocycles. The van der Waals surface area contributed by atoms with Crippen LogP contribution in [0.25, 0.3) is 0 Å². The van der Waals surface area contributed by atoms with Gasteiger partial charge in [-0.15, -0.1) is 0 Å². The van der Waals surface area contributed by atoms with Crippen LogP contribution in [-0.4, -0.2) is 12.6 Å². The van der Waals surface area contributed by atoms with E-state index >= 15 is 0 Å². The van der Waals surface area contributed by atoms with Crippen molar-refractivity contribution in [2.24, 2.45) is 0 Å². The fourth-order valence-corrected chi connectivity index (χ4v) is 1.34. The molecule has 2 amide bonds. The van der Waals surface area contributed by atoms with E-state index in [1.165, 1.54) is 5.56 Å². The average Bonchev–Trinajstić information content (AvgIpc) is 2.41. The molecule has 1 heterocycles. The molecule has 3 heteroatoms. The Bertz CT molecular complexity index is 315. The molecule has 0 atom stereocenters. The number of anilines is 1. The number of carbonyl (C=O) groups excluding carboxylic acids is 1. The topological polar surface area (TPSA) is 41.1 Å². The predicted octanol–water partition coefficient (Wildman–Crippen LogP) is 2.64. The van der Waals surface area contributed by atoms with E-state index < -0.39 is 0 Å². The molecule has 1 aliphatic heterocycles. The molecule has 2 rings (SSSR count). The van der Waals surface area contributed by atoms with Crippen molar-refractivity contribution in [1.82, 2.24) is 5.32 Å². The Balaban J connectivity index is 0.000000617. The first-order valence-electron chi connectivity index (χ1n) is 4.99. The fourth-order valence-electron chi connectivity index (χ4n) is 1.34. The normalized spacial score (nSPS) is 13.7. The fraction of sp³-hybridized carbons (Fsp3) is 0.364. The highest BCUT2D eigenvalue weighted by Crippen LogP contribution is 2.16. The van der Waals surface area contributed by atoms with Crippen LogP contribution in [0.4, 0.5) is 10.5 Å². The minimum Gasteiger partial charge on any atom is -0.338 e. The molecule has 0 unspecified atom stereocenters. The highest BCUT2D eigenvalue weighted by atomic mass is 16.2. The molecule has 0 radical (unpaired) electrons. The minimum atomic E-state index is -0.111. The third-order valence-electron chi connectivity index (χ3n) is 1.95. The van der Waals surface area contributed by atoms with Crippen molar-refractivity contribution in [3.8, 4) is 0 Å². The lowest BCUT2D eigenvalue weighted by Gasteiger charge is -2.03. The zero-order chi connectivity index (χ0) is 10.4. The van der Waals surface area contributed by atoms with E-state index in [4.69, 9.17) is 0 Å². The SMILES string of the molecule is CC.O=C1NCCc2ccccc2N1.[HH]. The summed E-state index contributed by atoms with van der Waals surface area (Å²) in [4.78, 5) is 11.0. The van der Waals surface area contributed by atoms with Crippen molar-refractivity contribution in [2.75, 3.05) is 11.9 Å². The lowest BCUT2D eigenvalue weighted by atomic mass is 10.1. The summed E-state index contributed by atoms with van der Waals surface area (Å²) >= 11 is 0. The zero-order valence-corrected chi connectivity index (χ0v) is 8.63. The number of para-hydroxylation sites is 1. The summed E-state index contributed by atoms with van der Waals surface area (Å²) in [5, 5.41) is 5.51. The maximum Gasteiger partial charge on any atom is 0.319 e. The monoisotopic (exact) mass is 194 g/mol. The summed E-state index contributed by atoms with van der Waals surface area (Å²) in [6, 6.07) is 7.74. The van der Waals surface area contributed by atoms with Crippen LogP contribution in [-0.2, 0) is 6.42 Å². The molecule has 1 aliphatic rings. The number of carbonyl (C=O) groups is 1. The Morgan fingerprint density at radius 2 is 2.00 bits per heavy atom. The molecule has 0 saturated heterocycles. The van der Waals surface area contributed by atoms with Gasteiger partial charge < -0.3 is 10.6 Å². The van der Waals surface area contributed by atoms with Gasteiger partial charge in [-0.2, -0.15) is 0 Å². The lowest BCUT2D eigenvalue weighted by molar-refractivity contribution is 0.252. The van der Waals surface area contributed by atoms with Gasteiger partial charge in [-0.25, -0.2) is 4.79 Å². The summed E-state index contributed by atoms with van der Waals surface area (Å²) in [6.45, 7) is 4.71. The highest BCUT2D eigenvalue weighted by molar-refractivity contribution is 5.90. The molecule has 0 bridgehead atoms. The molecular formula is C11H18N2O. The molecule has 0 aromatic heterocycles. The molecule has 78 valence electrons. The smallest absolute Gasteiger partial charge is 0.319 e. The second-order valence-electron chi connectivity index (χ2n) is 2.79. The number of amides is 2. The Labute approximate surface area is 86.0 Å². The van der Waals surface area contributed by atoms with Gasteiger partial charge in [0.1, 0.15) is 0 Å². The van der Waals surface area contributed by atoms with Crippen LogP contribution in [0.3, 0.4) is 0 Å². The third-order valence-corrected chi connectivity index (χ3v) is 1.95. The number of fused-ring (bicyclic) bond motifs is 1. The molecule has 14 heavy (non-hydrogen) atoms. The largest absolute Gasteiger partial charge is 0.338 e. The van der Waals surface area contributed by atoms with Crippen LogP contribution in [0.2, 0.25) is 0 Å². The third kappa shape index (κ3) is 2.49. The first-order chi connectivity index (χ1) is 6.86. The van der Waals surface area contributed by atoms with Crippen molar-refractivity contribution in [3.05, 3.63) is 29.8 Å². The van der Waals surface area contributed by atoms with Crippen molar-refractivity contribution in [1.29, 1.82) is 0 Å². The van der Waals surface area contributed by atoms with Gasteiger partial charge in [-0.1, -0.05) is 32.0 Å². The molecule has 3 nitrogen and oxygen atoms in total. The number of benzene rings is 1. The maximum atomic E-state index is 11.0. The minimum absolute atomic E-state index is 0. The van der Waals surface area contributed by atoms with E-state index in [9.17, 15) is 4.79 Å². The van der Waals surface area contributed by atoms with Crippen LogP contribution < -0.4 is 10.6 Å². The zero-order valence-electron chi connectivity index (χ0n) is 8.63. The van der Waals surface area contributed by atoms with Gasteiger partial charge in [0.25, 0.3) is 0 Å². The van der Waals surface area contributed by atoms with Crippen molar-refractivity contribution >= 4 is 11.7 Å². The summed E-state index contributed by atoms with van der Waals surface area (Å²) in [6.07, 6.45) is 0.898. The lowest BCUT2D eigenvalue weighted by Crippen LogP contribution is -2.27. The molecule has 0 spiro atoms. The van der Waals surface area contributed by atoms with Crippen molar-refractivity contribution in [3.63, 3.8) is 0 Å². The first kappa shape index (κ1) is 10.6. The van der Waals surface area contributed by atoms with Gasteiger partial charge in [0, 0.05) is 13.7 Å². The second kappa shape index (κ2) is 5.27. The highest BCUT2D eigenvalue weighted by Gasteiger charge is 2.09. The number of nitrogens with one attached hydrogen (secondary N) is 2. The summed E-state index contributed by atoms with van der Waals surface area (Å²) in [5.41, 5.74) is 2.11. The Morgan fingerprint density at radius 1 is 1.29 bits per heavy atom. The molecule has 2 N–H and O–H groups in total. The predicted molar refractivity (Wildman–Crippen MR) is 60.6 cm³/mol. The van der Waals surface area contributed by atoms with Crippen LogP contribution >= 0.6 is 0 Å². The number of rotatable bonds is 0. The Hall–Kier alpha value is -1.51. The van der Waals surface area contributed by atoms with Crippen LogP contribution in [0, 0.1) is 0 Å². The Kier molecular flexibility index (Phi) is 3.98. The molecule has 1 aromatic carbocycles. The molecular weight excluding hydrogens is 176 g/mol. The van der Waals surface area contributed by atoms with E-state index in [2.05, 4.69) is 10.6 Å². The van der Waals surface area contributed by atoms with Crippen molar-refractivity contribution < 1.29 is 6.22 Å².